The summed E-state index contributed by atoms with van der Waals surface area (Å²) in [4.78, 5) is 14.4. The van der Waals surface area contributed by atoms with Gasteiger partial charge in [-0.2, -0.15) is 0 Å². The van der Waals surface area contributed by atoms with Crippen LogP contribution in [0.4, 0.5) is 10.5 Å². The summed E-state index contributed by atoms with van der Waals surface area (Å²) in [5.74, 6) is 0.0733. The molecule has 1 heterocycles. The monoisotopic (exact) mass is 478 g/mol. The lowest BCUT2D eigenvalue weighted by molar-refractivity contribution is 0.143. The number of carbonyl (C=O) groups is 1. The number of ether oxygens (including phenoxy) is 1. The Morgan fingerprint density at radius 2 is 1.62 bits per heavy atom. The molecule has 8 heteroatoms. The van der Waals surface area contributed by atoms with Crippen LogP contribution in [0.5, 0.6) is 5.88 Å². The first-order valence-corrected chi connectivity index (χ1v) is 12.2. The van der Waals surface area contributed by atoms with E-state index < -0.39 is 16.2 Å². The molecule has 34 heavy (non-hydrogen) atoms. The van der Waals surface area contributed by atoms with Crippen molar-refractivity contribution in [2.75, 3.05) is 4.72 Å². The fraction of sp³-hybridized carbons (Fsp3) is 0.192. The van der Waals surface area contributed by atoms with Gasteiger partial charge in [-0.3, -0.25) is 4.72 Å². The van der Waals surface area contributed by atoms with Crippen LogP contribution < -0.4 is 9.46 Å². The molecule has 0 saturated carbocycles. The second-order valence-corrected chi connectivity index (χ2v) is 10.9. The third-order valence-electron chi connectivity index (χ3n) is 5.58. The molecule has 0 unspecified atom stereocenters. The molecule has 0 fully saturated rings. The number of rotatable bonds is 5. The van der Waals surface area contributed by atoms with Crippen LogP contribution in [0.15, 0.2) is 71.6 Å². The van der Waals surface area contributed by atoms with Crippen molar-refractivity contribution in [3.05, 3.63) is 77.9 Å². The molecule has 0 amide bonds. The van der Waals surface area contributed by atoms with Crippen LogP contribution in [0.1, 0.15) is 31.9 Å². The van der Waals surface area contributed by atoms with Crippen molar-refractivity contribution < 1.29 is 23.1 Å². The van der Waals surface area contributed by atoms with E-state index in [0.717, 1.165) is 16.7 Å². The predicted molar refractivity (Wildman–Crippen MR) is 133 cm³/mol. The average Bonchev–Trinajstić information content (AvgIpc) is 3.10. The summed E-state index contributed by atoms with van der Waals surface area (Å²) in [5, 5.41) is 9.80. The second kappa shape index (κ2) is 8.53. The van der Waals surface area contributed by atoms with E-state index in [4.69, 9.17) is 4.74 Å². The zero-order valence-corrected chi connectivity index (χ0v) is 20.2. The van der Waals surface area contributed by atoms with Crippen molar-refractivity contribution in [1.29, 1.82) is 0 Å². The number of aryl methyl sites for hydroxylation is 1. The van der Waals surface area contributed by atoms with E-state index in [2.05, 4.69) is 30.5 Å². The minimum atomic E-state index is -3.83. The van der Waals surface area contributed by atoms with Gasteiger partial charge in [0.1, 0.15) is 0 Å². The maximum absolute atomic E-state index is 13.0. The molecule has 0 bridgehead atoms. The molecule has 3 aromatic carbocycles. The highest BCUT2D eigenvalue weighted by molar-refractivity contribution is 7.92. The molecule has 0 aliphatic carbocycles. The number of H-pyrrole nitrogens is 1. The second-order valence-electron chi connectivity index (χ2n) is 9.20. The van der Waals surface area contributed by atoms with E-state index in [0.29, 0.717) is 22.2 Å². The summed E-state index contributed by atoms with van der Waals surface area (Å²) in [6.45, 7) is 8.15. The molecule has 0 aliphatic rings. The minimum absolute atomic E-state index is 0.0733. The molecule has 0 saturated heterocycles. The van der Waals surface area contributed by atoms with Crippen molar-refractivity contribution in [2.24, 2.45) is 0 Å². The van der Waals surface area contributed by atoms with Crippen molar-refractivity contribution in [3.63, 3.8) is 0 Å². The first-order chi connectivity index (χ1) is 15.9. The molecule has 0 spiro atoms. The molecule has 0 radical (unpaired) electrons. The van der Waals surface area contributed by atoms with Crippen molar-refractivity contribution in [1.82, 2.24) is 4.98 Å². The zero-order valence-electron chi connectivity index (χ0n) is 19.3. The highest BCUT2D eigenvalue weighted by Gasteiger charge is 2.20. The molecule has 4 aromatic rings. The lowest BCUT2D eigenvalue weighted by Gasteiger charge is -2.19. The van der Waals surface area contributed by atoms with Gasteiger partial charge < -0.3 is 14.8 Å². The van der Waals surface area contributed by atoms with Crippen LogP contribution >= 0.6 is 0 Å². The van der Waals surface area contributed by atoms with Gasteiger partial charge in [0.05, 0.1) is 10.5 Å². The van der Waals surface area contributed by atoms with Crippen molar-refractivity contribution in [3.8, 4) is 17.0 Å². The molecular weight excluding hydrogens is 452 g/mol. The van der Waals surface area contributed by atoms with Gasteiger partial charge in [0.25, 0.3) is 10.0 Å². The average molecular weight is 479 g/mol. The topological polar surface area (TPSA) is 108 Å². The maximum atomic E-state index is 13.0. The molecule has 4 rings (SSSR count). The highest BCUT2D eigenvalue weighted by Crippen LogP contribution is 2.39. The molecule has 0 atom stereocenters. The number of hydrogen-bond acceptors (Lipinski definition) is 4. The van der Waals surface area contributed by atoms with E-state index >= 15 is 0 Å². The fourth-order valence-electron chi connectivity index (χ4n) is 3.75. The molecule has 1 aromatic heterocycles. The third-order valence-corrected chi connectivity index (χ3v) is 6.97. The summed E-state index contributed by atoms with van der Waals surface area (Å²) >= 11 is 0. The lowest BCUT2D eigenvalue weighted by Crippen LogP contribution is -2.14. The van der Waals surface area contributed by atoms with Gasteiger partial charge in [-0.25, -0.2) is 13.2 Å². The van der Waals surface area contributed by atoms with Crippen LogP contribution in [-0.2, 0) is 15.4 Å². The largest absolute Gasteiger partial charge is 0.512 e. The van der Waals surface area contributed by atoms with E-state index in [1.54, 1.807) is 30.3 Å². The first-order valence-electron chi connectivity index (χ1n) is 10.7. The molecule has 3 N–H and O–H groups in total. The Morgan fingerprint density at radius 3 is 2.21 bits per heavy atom. The molecular formula is C26H26N2O5S. The van der Waals surface area contributed by atoms with Crippen LogP contribution in [-0.4, -0.2) is 24.7 Å². The summed E-state index contributed by atoms with van der Waals surface area (Å²) in [6.07, 6.45) is -1.44. The van der Waals surface area contributed by atoms with Gasteiger partial charge in [-0.15, -0.1) is 0 Å². The quantitative estimate of drug-likeness (QED) is 0.292. The van der Waals surface area contributed by atoms with Gasteiger partial charge in [0, 0.05) is 16.6 Å². The number of carboxylic acid groups (broad SMARTS) is 1. The number of nitrogens with one attached hydrogen (secondary N) is 2. The summed E-state index contributed by atoms with van der Waals surface area (Å²) in [6, 6.07) is 19.3. The highest BCUT2D eigenvalue weighted by atomic mass is 32.2. The Morgan fingerprint density at radius 1 is 0.971 bits per heavy atom. The molecule has 176 valence electrons. The van der Waals surface area contributed by atoms with Crippen LogP contribution in [0.2, 0.25) is 0 Å². The number of aromatic nitrogens is 1. The van der Waals surface area contributed by atoms with Gasteiger partial charge in [0.15, 0.2) is 0 Å². The Balaban J connectivity index is 1.75. The number of aromatic amines is 1. The van der Waals surface area contributed by atoms with E-state index in [1.807, 2.05) is 43.3 Å². The van der Waals surface area contributed by atoms with Gasteiger partial charge >= 0.3 is 6.16 Å². The van der Waals surface area contributed by atoms with Crippen LogP contribution in [0, 0.1) is 6.92 Å². The standard InChI is InChI=1S/C26H26N2O5S/c1-16-5-7-17(8-6-16)23-21-15-19(11-14-22(21)27-24(23)33-25(29)30)28-34(31,32)20-12-9-18(10-13-20)26(2,3)4/h5-15,27-28H,1-4H3,(H,29,30). The Labute approximate surface area is 198 Å². The van der Waals surface area contributed by atoms with Gasteiger partial charge in [-0.05, 0) is 53.8 Å². The molecule has 0 aliphatic heterocycles. The SMILES string of the molecule is Cc1ccc(-c2c(OC(=O)O)[nH]c3ccc(NS(=O)(=O)c4ccc(C(C)(C)C)cc4)cc23)cc1. The van der Waals surface area contributed by atoms with Crippen LogP contribution in [0.25, 0.3) is 22.0 Å². The van der Waals surface area contributed by atoms with E-state index in [9.17, 15) is 18.3 Å². The predicted octanol–water partition coefficient (Wildman–Crippen LogP) is 6.30. The number of anilines is 1. The van der Waals surface area contributed by atoms with Crippen molar-refractivity contribution in [2.45, 2.75) is 38.0 Å². The fourth-order valence-corrected chi connectivity index (χ4v) is 4.80. The normalized spacial score (nSPS) is 12.0. The maximum Gasteiger partial charge on any atom is 0.512 e. The minimum Gasteiger partial charge on any atom is -0.449 e. The van der Waals surface area contributed by atoms with Crippen LogP contribution in [0.3, 0.4) is 0 Å². The Kier molecular flexibility index (Phi) is 5.87. The number of fused-ring (bicyclic) bond motifs is 1. The number of hydrogen-bond donors (Lipinski definition) is 3. The van der Waals surface area contributed by atoms with Gasteiger partial charge in [-0.1, -0.05) is 62.7 Å². The first kappa shape index (κ1) is 23.4. The Bertz CT molecular complexity index is 1460. The molecule has 7 nitrogen and oxygen atoms in total. The Hall–Kier alpha value is -3.78. The summed E-state index contributed by atoms with van der Waals surface area (Å²) in [7, 11) is -3.83. The van der Waals surface area contributed by atoms with E-state index in [-0.39, 0.29) is 16.2 Å². The van der Waals surface area contributed by atoms with E-state index in [1.165, 1.54) is 0 Å². The smallest absolute Gasteiger partial charge is 0.449 e. The number of sulfonamides is 1. The zero-order chi connectivity index (χ0) is 24.7. The summed E-state index contributed by atoms with van der Waals surface area (Å²) in [5.41, 5.74) is 4.24. The van der Waals surface area contributed by atoms with Gasteiger partial charge in [0.2, 0.25) is 5.88 Å². The third kappa shape index (κ3) is 4.77. The van der Waals surface area contributed by atoms with Crippen molar-refractivity contribution >= 4 is 32.8 Å². The lowest BCUT2D eigenvalue weighted by atomic mass is 9.87. The summed E-state index contributed by atoms with van der Waals surface area (Å²) < 4.78 is 33.7. The number of benzene rings is 3.